The third-order valence-corrected chi connectivity index (χ3v) is 6.96. The predicted molar refractivity (Wildman–Crippen MR) is 111 cm³/mol. The van der Waals surface area contributed by atoms with Gasteiger partial charge in [0.1, 0.15) is 0 Å². The van der Waals surface area contributed by atoms with Gasteiger partial charge in [-0.05, 0) is 30.3 Å². The normalized spacial score (nSPS) is 14.1. The molecule has 3 aromatic rings. The van der Waals surface area contributed by atoms with Crippen molar-refractivity contribution >= 4 is 40.9 Å². The second-order valence-electron chi connectivity index (χ2n) is 6.20. The second-order valence-corrected chi connectivity index (χ2v) is 8.96. The number of carbonyl (C=O) groups is 1. The minimum absolute atomic E-state index is 0.0414. The molecule has 0 aliphatic carbocycles. The van der Waals surface area contributed by atoms with Crippen LogP contribution in [0.2, 0.25) is 0 Å². The van der Waals surface area contributed by atoms with Gasteiger partial charge in [0.05, 0.1) is 15.4 Å². The lowest BCUT2D eigenvalue weighted by molar-refractivity contribution is -0.385. The first-order valence-electron chi connectivity index (χ1n) is 8.58. The molecular weight excluding hydrogens is 428 g/mol. The number of thioether (sulfide) groups is 2. The Morgan fingerprint density at radius 2 is 1.20 bits per heavy atom. The van der Waals surface area contributed by atoms with E-state index in [0.717, 1.165) is 0 Å². The largest absolute Gasteiger partial charge is 0.429 e. The van der Waals surface area contributed by atoms with Gasteiger partial charge in [-0.25, -0.2) is 4.79 Å². The number of non-ortho nitro benzene ring substituents is 2. The molecule has 150 valence electrons. The number of carbonyl (C=O) groups excluding carboxylic acids is 1. The van der Waals surface area contributed by atoms with Gasteiger partial charge in [0, 0.05) is 39.6 Å². The van der Waals surface area contributed by atoms with Gasteiger partial charge in [0.2, 0.25) is 4.27 Å². The molecule has 0 aromatic heterocycles. The van der Waals surface area contributed by atoms with E-state index in [2.05, 4.69) is 0 Å². The highest BCUT2D eigenvalue weighted by Crippen LogP contribution is 2.58. The SMILES string of the molecule is O=C1OC(Sc2ccc([N+](=O)[O-])cc2)(Sc2ccc([N+](=O)[O-])cc2)c2ccccc21. The fourth-order valence-corrected chi connectivity index (χ4v) is 5.63. The summed E-state index contributed by atoms with van der Waals surface area (Å²) in [4.78, 5) is 34.7. The maximum Gasteiger partial charge on any atom is 0.340 e. The fraction of sp³-hybridized carbons (Fsp3) is 0.0500. The zero-order valence-electron chi connectivity index (χ0n) is 15.1. The molecule has 0 saturated carbocycles. The first kappa shape index (κ1) is 19.9. The summed E-state index contributed by atoms with van der Waals surface area (Å²) >= 11 is 2.47. The van der Waals surface area contributed by atoms with Crippen molar-refractivity contribution in [2.45, 2.75) is 14.1 Å². The summed E-state index contributed by atoms with van der Waals surface area (Å²) in [6.07, 6.45) is 0. The Balaban J connectivity index is 1.73. The minimum Gasteiger partial charge on any atom is -0.429 e. The average molecular weight is 440 g/mol. The number of benzene rings is 3. The number of nitro benzene ring substituents is 2. The summed E-state index contributed by atoms with van der Waals surface area (Å²) < 4.78 is 4.62. The number of ether oxygens (including phenoxy) is 1. The van der Waals surface area contributed by atoms with Crippen LogP contribution in [0.1, 0.15) is 15.9 Å². The number of nitrogens with zero attached hydrogens (tertiary/aromatic N) is 2. The molecule has 1 heterocycles. The Kier molecular flexibility index (Phi) is 5.18. The van der Waals surface area contributed by atoms with E-state index in [4.69, 9.17) is 4.74 Å². The molecule has 0 spiro atoms. The molecule has 0 saturated heterocycles. The number of fused-ring (bicyclic) bond motifs is 1. The summed E-state index contributed by atoms with van der Waals surface area (Å²) in [5, 5.41) is 21.8. The highest BCUT2D eigenvalue weighted by molar-refractivity contribution is 8.17. The third kappa shape index (κ3) is 3.74. The minimum atomic E-state index is -1.18. The van der Waals surface area contributed by atoms with E-state index in [0.29, 0.717) is 20.9 Å². The highest BCUT2D eigenvalue weighted by atomic mass is 32.2. The van der Waals surface area contributed by atoms with Crippen molar-refractivity contribution in [2.75, 3.05) is 0 Å². The lowest BCUT2D eigenvalue weighted by Crippen LogP contribution is -2.17. The van der Waals surface area contributed by atoms with Gasteiger partial charge in [0.25, 0.3) is 11.4 Å². The monoisotopic (exact) mass is 440 g/mol. The molecule has 3 aromatic carbocycles. The Morgan fingerprint density at radius 1 is 0.733 bits per heavy atom. The molecule has 1 aliphatic rings. The number of hydrogen-bond acceptors (Lipinski definition) is 8. The molecule has 4 rings (SSSR count). The predicted octanol–water partition coefficient (Wildman–Crippen LogP) is 5.37. The van der Waals surface area contributed by atoms with Gasteiger partial charge in [0.15, 0.2) is 0 Å². The van der Waals surface area contributed by atoms with Crippen LogP contribution in [0.25, 0.3) is 0 Å². The van der Waals surface area contributed by atoms with Crippen molar-refractivity contribution < 1.29 is 19.4 Å². The molecule has 1 aliphatic heterocycles. The van der Waals surface area contributed by atoms with Crippen LogP contribution in [-0.2, 0) is 9.00 Å². The van der Waals surface area contributed by atoms with Gasteiger partial charge in [-0.3, -0.25) is 20.2 Å². The van der Waals surface area contributed by atoms with Crippen LogP contribution in [0.5, 0.6) is 0 Å². The van der Waals surface area contributed by atoms with E-state index < -0.39 is 20.1 Å². The topological polar surface area (TPSA) is 113 Å². The zero-order chi connectivity index (χ0) is 21.3. The summed E-state index contributed by atoms with van der Waals surface area (Å²) in [6, 6.07) is 18.9. The third-order valence-electron chi connectivity index (χ3n) is 4.30. The second kappa shape index (κ2) is 7.81. The van der Waals surface area contributed by atoms with Crippen molar-refractivity contribution in [2.24, 2.45) is 0 Å². The lowest BCUT2D eigenvalue weighted by atomic mass is 10.1. The standard InChI is InChI=1S/C20H12N2O6S2/c23-19-17-3-1-2-4-18(17)20(28-19,29-15-9-5-13(6-10-15)21(24)25)30-16-11-7-14(8-12-16)22(26)27/h1-12H. The Morgan fingerprint density at radius 3 is 1.67 bits per heavy atom. The first-order valence-corrected chi connectivity index (χ1v) is 10.2. The molecular formula is C20H12N2O6S2. The molecule has 0 bridgehead atoms. The molecule has 10 heteroatoms. The van der Waals surface area contributed by atoms with Gasteiger partial charge in [-0.2, -0.15) is 0 Å². The summed E-state index contributed by atoms with van der Waals surface area (Å²) in [6.45, 7) is 0. The Labute approximate surface area is 178 Å². The Hall–Kier alpha value is -3.37. The molecule has 0 atom stereocenters. The van der Waals surface area contributed by atoms with E-state index in [-0.39, 0.29) is 11.4 Å². The van der Waals surface area contributed by atoms with Crippen LogP contribution in [0, 0.1) is 20.2 Å². The maximum absolute atomic E-state index is 12.5. The van der Waals surface area contributed by atoms with E-state index in [1.807, 2.05) is 0 Å². The molecule has 0 radical (unpaired) electrons. The number of hydrogen-bond donors (Lipinski definition) is 0. The van der Waals surface area contributed by atoms with E-state index in [9.17, 15) is 25.0 Å². The molecule has 0 fully saturated rings. The summed E-state index contributed by atoms with van der Waals surface area (Å²) in [5.74, 6) is -0.477. The van der Waals surface area contributed by atoms with Gasteiger partial charge in [-0.1, -0.05) is 41.7 Å². The van der Waals surface area contributed by atoms with E-state index >= 15 is 0 Å². The number of rotatable bonds is 6. The molecule has 8 nitrogen and oxygen atoms in total. The summed E-state index contributed by atoms with van der Waals surface area (Å²) in [5.41, 5.74) is 1.00. The van der Waals surface area contributed by atoms with Crippen LogP contribution < -0.4 is 0 Å². The summed E-state index contributed by atoms with van der Waals surface area (Å²) in [7, 11) is 0. The average Bonchev–Trinajstić information content (AvgIpc) is 3.00. The van der Waals surface area contributed by atoms with Crippen molar-refractivity contribution in [3.05, 3.63) is 104 Å². The maximum atomic E-state index is 12.5. The van der Waals surface area contributed by atoms with Crippen molar-refractivity contribution in [1.82, 2.24) is 0 Å². The molecule has 0 N–H and O–H groups in total. The van der Waals surface area contributed by atoms with Crippen LogP contribution in [0.15, 0.2) is 82.6 Å². The first-order chi connectivity index (χ1) is 14.4. The van der Waals surface area contributed by atoms with Crippen molar-refractivity contribution in [3.63, 3.8) is 0 Å². The smallest absolute Gasteiger partial charge is 0.340 e. The fourth-order valence-electron chi connectivity index (χ4n) is 2.91. The molecule has 0 amide bonds. The van der Waals surface area contributed by atoms with E-state index in [1.54, 1.807) is 48.5 Å². The van der Waals surface area contributed by atoms with Gasteiger partial charge in [-0.15, -0.1) is 0 Å². The highest BCUT2D eigenvalue weighted by Gasteiger charge is 2.47. The lowest BCUT2D eigenvalue weighted by Gasteiger charge is -2.27. The molecule has 30 heavy (non-hydrogen) atoms. The van der Waals surface area contributed by atoms with Crippen molar-refractivity contribution in [1.29, 1.82) is 0 Å². The van der Waals surface area contributed by atoms with Crippen molar-refractivity contribution in [3.8, 4) is 0 Å². The number of esters is 1. The van der Waals surface area contributed by atoms with Crippen LogP contribution in [0.3, 0.4) is 0 Å². The van der Waals surface area contributed by atoms with Crippen LogP contribution >= 0.6 is 23.5 Å². The van der Waals surface area contributed by atoms with Crippen LogP contribution in [0.4, 0.5) is 11.4 Å². The molecule has 0 unspecified atom stereocenters. The van der Waals surface area contributed by atoms with Crippen LogP contribution in [-0.4, -0.2) is 15.8 Å². The van der Waals surface area contributed by atoms with E-state index in [1.165, 1.54) is 47.8 Å². The Bertz CT molecular complexity index is 1090. The number of cyclic esters (lactones) is 1. The quantitative estimate of drug-likeness (QED) is 0.218. The zero-order valence-corrected chi connectivity index (χ0v) is 16.7. The van der Waals surface area contributed by atoms with Gasteiger partial charge >= 0.3 is 5.97 Å². The number of nitro groups is 2. The van der Waals surface area contributed by atoms with Gasteiger partial charge < -0.3 is 4.74 Å².